The van der Waals surface area contributed by atoms with Crippen LogP contribution in [0.15, 0.2) is 18.2 Å². The second-order valence-electron chi connectivity index (χ2n) is 4.95. The topological polar surface area (TPSA) is 55.6 Å². The molecule has 1 saturated heterocycles. The van der Waals surface area contributed by atoms with Crippen molar-refractivity contribution in [3.8, 4) is 5.75 Å². The SMILES string of the molecule is Cc1ccc(C)c(OCC(=O)N2CCC(N)C2)c1. The number of benzene rings is 1. The third kappa shape index (κ3) is 3.01. The zero-order valence-corrected chi connectivity index (χ0v) is 11.0. The molecule has 0 saturated carbocycles. The zero-order valence-electron chi connectivity index (χ0n) is 11.0. The molecule has 98 valence electrons. The molecule has 1 fully saturated rings. The van der Waals surface area contributed by atoms with Gasteiger partial charge in [-0.3, -0.25) is 4.79 Å². The summed E-state index contributed by atoms with van der Waals surface area (Å²) in [7, 11) is 0. The Hall–Kier alpha value is -1.55. The van der Waals surface area contributed by atoms with E-state index in [4.69, 9.17) is 10.5 Å². The molecule has 1 aliphatic rings. The summed E-state index contributed by atoms with van der Waals surface area (Å²) in [6, 6.07) is 6.11. The van der Waals surface area contributed by atoms with E-state index >= 15 is 0 Å². The van der Waals surface area contributed by atoms with Crippen LogP contribution in [0.4, 0.5) is 0 Å². The van der Waals surface area contributed by atoms with Crippen molar-refractivity contribution in [1.82, 2.24) is 4.90 Å². The van der Waals surface area contributed by atoms with Gasteiger partial charge in [-0.25, -0.2) is 0 Å². The Morgan fingerprint density at radius 1 is 1.50 bits per heavy atom. The van der Waals surface area contributed by atoms with Crippen LogP contribution in [-0.4, -0.2) is 36.5 Å². The number of aryl methyl sites for hydroxylation is 2. The van der Waals surface area contributed by atoms with E-state index in [1.54, 1.807) is 4.90 Å². The second kappa shape index (κ2) is 5.40. The first-order chi connectivity index (χ1) is 8.56. The molecule has 1 aromatic carbocycles. The predicted octanol–water partition coefficient (Wildman–Crippen LogP) is 1.24. The van der Waals surface area contributed by atoms with Crippen molar-refractivity contribution in [2.45, 2.75) is 26.3 Å². The van der Waals surface area contributed by atoms with Crippen LogP contribution in [0.3, 0.4) is 0 Å². The van der Waals surface area contributed by atoms with Crippen LogP contribution in [0.1, 0.15) is 17.5 Å². The molecule has 1 aliphatic heterocycles. The molecule has 0 radical (unpaired) electrons. The molecule has 18 heavy (non-hydrogen) atoms. The monoisotopic (exact) mass is 248 g/mol. The quantitative estimate of drug-likeness (QED) is 0.875. The molecule has 2 rings (SSSR count). The largest absolute Gasteiger partial charge is 0.483 e. The summed E-state index contributed by atoms with van der Waals surface area (Å²) in [5.74, 6) is 0.802. The van der Waals surface area contributed by atoms with Gasteiger partial charge in [0.1, 0.15) is 5.75 Å². The normalized spacial score (nSPS) is 19.1. The smallest absolute Gasteiger partial charge is 0.260 e. The fraction of sp³-hybridized carbons (Fsp3) is 0.500. The van der Waals surface area contributed by atoms with E-state index in [1.807, 2.05) is 32.0 Å². The highest BCUT2D eigenvalue weighted by Gasteiger charge is 2.23. The van der Waals surface area contributed by atoms with Gasteiger partial charge >= 0.3 is 0 Å². The minimum absolute atomic E-state index is 0.0175. The fourth-order valence-electron chi connectivity index (χ4n) is 2.11. The van der Waals surface area contributed by atoms with Crippen molar-refractivity contribution < 1.29 is 9.53 Å². The number of nitrogens with two attached hydrogens (primary N) is 1. The maximum atomic E-state index is 11.9. The number of hydrogen-bond acceptors (Lipinski definition) is 3. The minimum Gasteiger partial charge on any atom is -0.483 e. The van der Waals surface area contributed by atoms with E-state index in [1.165, 1.54) is 0 Å². The number of carbonyl (C=O) groups excluding carboxylic acids is 1. The molecule has 1 heterocycles. The summed E-state index contributed by atoms with van der Waals surface area (Å²) < 4.78 is 5.60. The Balaban J connectivity index is 1.91. The molecule has 4 heteroatoms. The van der Waals surface area contributed by atoms with Gasteiger partial charge in [-0.2, -0.15) is 0 Å². The van der Waals surface area contributed by atoms with Crippen molar-refractivity contribution in [2.24, 2.45) is 5.73 Å². The van der Waals surface area contributed by atoms with Gasteiger partial charge < -0.3 is 15.4 Å². The number of likely N-dealkylation sites (tertiary alicyclic amines) is 1. The summed E-state index contributed by atoms with van der Waals surface area (Å²) in [5, 5.41) is 0. The molecular formula is C14H20N2O2. The summed E-state index contributed by atoms with van der Waals surface area (Å²) in [6.45, 7) is 5.47. The fourth-order valence-corrected chi connectivity index (χ4v) is 2.11. The van der Waals surface area contributed by atoms with Crippen molar-refractivity contribution in [1.29, 1.82) is 0 Å². The van der Waals surface area contributed by atoms with E-state index in [-0.39, 0.29) is 18.6 Å². The third-order valence-corrected chi connectivity index (χ3v) is 3.27. The van der Waals surface area contributed by atoms with E-state index in [0.29, 0.717) is 6.54 Å². The van der Waals surface area contributed by atoms with Crippen molar-refractivity contribution in [2.75, 3.05) is 19.7 Å². The Morgan fingerprint density at radius 2 is 2.28 bits per heavy atom. The molecule has 1 amide bonds. The average Bonchev–Trinajstić information content (AvgIpc) is 2.77. The van der Waals surface area contributed by atoms with E-state index in [9.17, 15) is 4.79 Å². The van der Waals surface area contributed by atoms with Gasteiger partial charge in [0.25, 0.3) is 5.91 Å². The molecule has 1 atom stereocenters. The van der Waals surface area contributed by atoms with E-state index < -0.39 is 0 Å². The van der Waals surface area contributed by atoms with Gasteiger partial charge in [0.2, 0.25) is 0 Å². The molecule has 0 aromatic heterocycles. The Bertz CT molecular complexity index is 445. The number of nitrogens with zero attached hydrogens (tertiary/aromatic N) is 1. The van der Waals surface area contributed by atoms with Crippen LogP contribution in [0, 0.1) is 13.8 Å². The molecule has 1 aromatic rings. The lowest BCUT2D eigenvalue weighted by Gasteiger charge is -2.16. The first-order valence-corrected chi connectivity index (χ1v) is 6.29. The molecule has 0 bridgehead atoms. The number of hydrogen-bond donors (Lipinski definition) is 1. The van der Waals surface area contributed by atoms with E-state index in [0.717, 1.165) is 29.8 Å². The zero-order chi connectivity index (χ0) is 13.1. The van der Waals surface area contributed by atoms with Crippen molar-refractivity contribution in [3.63, 3.8) is 0 Å². The van der Waals surface area contributed by atoms with Crippen LogP contribution in [0.5, 0.6) is 5.75 Å². The number of amides is 1. The highest BCUT2D eigenvalue weighted by molar-refractivity contribution is 5.78. The number of rotatable bonds is 3. The minimum atomic E-state index is 0.0175. The summed E-state index contributed by atoms with van der Waals surface area (Å²) in [4.78, 5) is 13.7. The van der Waals surface area contributed by atoms with Gasteiger partial charge in [-0.1, -0.05) is 12.1 Å². The van der Waals surface area contributed by atoms with Crippen LogP contribution in [0.2, 0.25) is 0 Å². The maximum absolute atomic E-state index is 11.9. The molecule has 0 spiro atoms. The summed E-state index contributed by atoms with van der Waals surface area (Å²) in [5.41, 5.74) is 7.96. The Morgan fingerprint density at radius 3 is 2.94 bits per heavy atom. The van der Waals surface area contributed by atoms with Gasteiger partial charge in [0, 0.05) is 19.1 Å². The Kier molecular flexibility index (Phi) is 3.87. The van der Waals surface area contributed by atoms with Crippen LogP contribution < -0.4 is 10.5 Å². The van der Waals surface area contributed by atoms with Gasteiger partial charge in [0.15, 0.2) is 6.61 Å². The lowest BCUT2D eigenvalue weighted by molar-refractivity contribution is -0.132. The molecule has 0 aliphatic carbocycles. The lowest BCUT2D eigenvalue weighted by Crippen LogP contribution is -2.35. The number of carbonyl (C=O) groups is 1. The van der Waals surface area contributed by atoms with Crippen molar-refractivity contribution >= 4 is 5.91 Å². The standard InChI is InChI=1S/C14H20N2O2/c1-10-3-4-11(2)13(7-10)18-9-14(17)16-6-5-12(15)8-16/h3-4,7,12H,5-6,8-9,15H2,1-2H3. The first-order valence-electron chi connectivity index (χ1n) is 6.29. The second-order valence-corrected chi connectivity index (χ2v) is 4.95. The van der Waals surface area contributed by atoms with E-state index in [2.05, 4.69) is 0 Å². The lowest BCUT2D eigenvalue weighted by atomic mass is 10.1. The number of ether oxygens (including phenoxy) is 1. The highest BCUT2D eigenvalue weighted by Crippen LogP contribution is 2.19. The maximum Gasteiger partial charge on any atom is 0.260 e. The van der Waals surface area contributed by atoms with Crippen molar-refractivity contribution in [3.05, 3.63) is 29.3 Å². The van der Waals surface area contributed by atoms with Crippen LogP contribution in [0.25, 0.3) is 0 Å². The molecule has 4 nitrogen and oxygen atoms in total. The Labute approximate surface area is 108 Å². The van der Waals surface area contributed by atoms with Crippen LogP contribution >= 0.6 is 0 Å². The third-order valence-electron chi connectivity index (χ3n) is 3.27. The summed E-state index contributed by atoms with van der Waals surface area (Å²) >= 11 is 0. The van der Waals surface area contributed by atoms with Gasteiger partial charge in [-0.15, -0.1) is 0 Å². The van der Waals surface area contributed by atoms with Gasteiger partial charge in [0.05, 0.1) is 0 Å². The average molecular weight is 248 g/mol. The highest BCUT2D eigenvalue weighted by atomic mass is 16.5. The van der Waals surface area contributed by atoms with Crippen LogP contribution in [-0.2, 0) is 4.79 Å². The molecule has 2 N–H and O–H groups in total. The summed E-state index contributed by atoms with van der Waals surface area (Å²) in [6.07, 6.45) is 0.884. The predicted molar refractivity (Wildman–Crippen MR) is 70.6 cm³/mol. The molecule has 1 unspecified atom stereocenters. The van der Waals surface area contributed by atoms with Gasteiger partial charge in [-0.05, 0) is 37.5 Å². The molecular weight excluding hydrogens is 228 g/mol. The first kappa shape index (κ1) is 12.9.